The summed E-state index contributed by atoms with van der Waals surface area (Å²) in [5, 5.41) is 2.95. The van der Waals surface area contributed by atoms with E-state index in [-0.39, 0.29) is 11.6 Å². The van der Waals surface area contributed by atoms with E-state index in [1.807, 2.05) is 20.8 Å². The van der Waals surface area contributed by atoms with Gasteiger partial charge in [-0.3, -0.25) is 0 Å². The number of amides is 1. The second-order valence-corrected chi connectivity index (χ2v) is 5.15. The van der Waals surface area contributed by atoms with E-state index in [2.05, 4.69) is 19.2 Å². The molecule has 0 aromatic carbocycles. The molecule has 0 saturated carbocycles. The van der Waals surface area contributed by atoms with Crippen molar-refractivity contribution in [2.45, 2.75) is 65.0 Å². The molecular formula is C12H26N2O2. The Morgan fingerprint density at radius 3 is 2.06 bits per heavy atom. The molecule has 4 heteroatoms. The van der Waals surface area contributed by atoms with Crippen LogP contribution < -0.4 is 11.1 Å². The van der Waals surface area contributed by atoms with E-state index in [0.717, 1.165) is 19.3 Å². The first-order valence-corrected chi connectivity index (χ1v) is 6.00. The molecule has 0 heterocycles. The number of hydrogen-bond donors (Lipinski definition) is 2. The van der Waals surface area contributed by atoms with E-state index in [1.165, 1.54) is 0 Å². The van der Waals surface area contributed by atoms with Gasteiger partial charge >= 0.3 is 6.09 Å². The minimum Gasteiger partial charge on any atom is -0.444 e. The minimum atomic E-state index is -0.458. The minimum absolute atomic E-state index is 0.225. The number of carbonyl (C=O) groups is 1. The van der Waals surface area contributed by atoms with Crippen molar-refractivity contribution < 1.29 is 9.53 Å². The van der Waals surface area contributed by atoms with Crippen LogP contribution in [0, 0.1) is 0 Å². The van der Waals surface area contributed by atoms with Crippen LogP contribution >= 0.6 is 0 Å². The average Bonchev–Trinajstić information content (AvgIpc) is 2.14. The van der Waals surface area contributed by atoms with Crippen LogP contribution in [0.5, 0.6) is 0 Å². The molecule has 0 fully saturated rings. The van der Waals surface area contributed by atoms with E-state index >= 15 is 0 Å². The highest BCUT2D eigenvalue weighted by molar-refractivity contribution is 5.68. The summed E-state index contributed by atoms with van der Waals surface area (Å²) in [6.45, 7) is 10.2. The molecule has 0 spiro atoms. The number of alkyl carbamates (subject to hydrolysis) is 1. The summed E-state index contributed by atoms with van der Waals surface area (Å²) >= 11 is 0. The number of rotatable bonds is 5. The average molecular weight is 230 g/mol. The van der Waals surface area contributed by atoms with Gasteiger partial charge in [-0.2, -0.15) is 0 Å². The first-order valence-electron chi connectivity index (χ1n) is 6.00. The lowest BCUT2D eigenvalue weighted by molar-refractivity contribution is 0.0442. The second kappa shape index (κ2) is 6.09. The van der Waals surface area contributed by atoms with Crippen LogP contribution in [0.15, 0.2) is 0 Å². The fourth-order valence-electron chi connectivity index (χ4n) is 1.64. The van der Waals surface area contributed by atoms with Crippen LogP contribution in [0.4, 0.5) is 4.79 Å². The van der Waals surface area contributed by atoms with Crippen molar-refractivity contribution in [1.82, 2.24) is 5.32 Å². The van der Waals surface area contributed by atoms with Gasteiger partial charge in [0.15, 0.2) is 0 Å². The van der Waals surface area contributed by atoms with Gasteiger partial charge in [-0.05, 0) is 46.6 Å². The molecule has 96 valence electrons. The second-order valence-electron chi connectivity index (χ2n) is 5.15. The standard InChI is InChI=1S/C12H26N2O2/c1-6-12(7-2,8-9-13)14-10(15)16-11(3,4)5/h6-9,13H2,1-5H3,(H,14,15). The molecule has 0 bridgehead atoms. The molecule has 0 atom stereocenters. The summed E-state index contributed by atoms with van der Waals surface area (Å²) < 4.78 is 5.25. The summed E-state index contributed by atoms with van der Waals surface area (Å²) in [5.74, 6) is 0. The third-order valence-corrected chi connectivity index (χ3v) is 2.74. The van der Waals surface area contributed by atoms with Gasteiger partial charge in [0.05, 0.1) is 0 Å². The van der Waals surface area contributed by atoms with Gasteiger partial charge in [0, 0.05) is 5.54 Å². The van der Waals surface area contributed by atoms with Crippen molar-refractivity contribution in [3.05, 3.63) is 0 Å². The Balaban J connectivity index is 4.45. The summed E-state index contributed by atoms with van der Waals surface area (Å²) in [6.07, 6.45) is 2.14. The van der Waals surface area contributed by atoms with Crippen molar-refractivity contribution in [3.8, 4) is 0 Å². The molecular weight excluding hydrogens is 204 g/mol. The maximum Gasteiger partial charge on any atom is 0.408 e. The van der Waals surface area contributed by atoms with Gasteiger partial charge in [-0.1, -0.05) is 13.8 Å². The van der Waals surface area contributed by atoms with Crippen LogP contribution in [-0.4, -0.2) is 23.8 Å². The molecule has 0 aromatic rings. The molecule has 0 rings (SSSR count). The molecule has 0 saturated heterocycles. The molecule has 3 N–H and O–H groups in total. The summed E-state index contributed by atoms with van der Waals surface area (Å²) in [6, 6.07) is 0. The largest absolute Gasteiger partial charge is 0.444 e. The number of ether oxygens (including phenoxy) is 1. The van der Waals surface area contributed by atoms with Crippen LogP contribution in [0.1, 0.15) is 53.9 Å². The van der Waals surface area contributed by atoms with E-state index in [0.29, 0.717) is 6.54 Å². The van der Waals surface area contributed by atoms with Crippen LogP contribution in [-0.2, 0) is 4.74 Å². The molecule has 0 unspecified atom stereocenters. The van der Waals surface area contributed by atoms with Crippen molar-refractivity contribution >= 4 is 6.09 Å². The third kappa shape index (κ3) is 5.35. The van der Waals surface area contributed by atoms with Crippen molar-refractivity contribution in [2.75, 3.05) is 6.54 Å². The van der Waals surface area contributed by atoms with E-state index in [1.54, 1.807) is 0 Å². The van der Waals surface area contributed by atoms with Gasteiger partial charge in [0.1, 0.15) is 5.60 Å². The number of nitrogens with one attached hydrogen (secondary N) is 1. The highest BCUT2D eigenvalue weighted by Crippen LogP contribution is 2.20. The first kappa shape index (κ1) is 15.2. The van der Waals surface area contributed by atoms with Crippen LogP contribution in [0.25, 0.3) is 0 Å². The monoisotopic (exact) mass is 230 g/mol. The van der Waals surface area contributed by atoms with Crippen molar-refractivity contribution in [3.63, 3.8) is 0 Å². The topological polar surface area (TPSA) is 64.3 Å². The number of nitrogens with two attached hydrogens (primary N) is 1. The summed E-state index contributed by atoms with van der Waals surface area (Å²) in [4.78, 5) is 11.7. The van der Waals surface area contributed by atoms with Gasteiger partial charge < -0.3 is 15.8 Å². The lowest BCUT2D eigenvalue weighted by atomic mass is 9.89. The predicted octanol–water partition coefficient (Wildman–Crippen LogP) is 2.42. The quantitative estimate of drug-likeness (QED) is 0.762. The van der Waals surface area contributed by atoms with E-state index in [4.69, 9.17) is 10.5 Å². The van der Waals surface area contributed by atoms with Crippen LogP contribution in [0.2, 0.25) is 0 Å². The molecule has 1 amide bonds. The highest BCUT2D eigenvalue weighted by atomic mass is 16.6. The predicted molar refractivity (Wildman–Crippen MR) is 66.4 cm³/mol. The molecule has 4 nitrogen and oxygen atoms in total. The Morgan fingerprint density at radius 2 is 1.75 bits per heavy atom. The van der Waals surface area contributed by atoms with Crippen molar-refractivity contribution in [1.29, 1.82) is 0 Å². The van der Waals surface area contributed by atoms with Gasteiger partial charge in [-0.25, -0.2) is 4.79 Å². The molecule has 0 aliphatic rings. The van der Waals surface area contributed by atoms with Gasteiger partial charge in [0.25, 0.3) is 0 Å². The maximum absolute atomic E-state index is 11.7. The Morgan fingerprint density at radius 1 is 1.25 bits per heavy atom. The lowest BCUT2D eigenvalue weighted by Crippen LogP contribution is -2.50. The Labute approximate surface area is 98.9 Å². The zero-order chi connectivity index (χ0) is 12.8. The number of carbonyl (C=O) groups excluding carboxylic acids is 1. The molecule has 0 aromatic heterocycles. The maximum atomic E-state index is 11.7. The fourth-order valence-corrected chi connectivity index (χ4v) is 1.64. The zero-order valence-corrected chi connectivity index (χ0v) is 11.2. The normalized spacial score (nSPS) is 12.4. The lowest BCUT2D eigenvalue weighted by Gasteiger charge is -2.33. The zero-order valence-electron chi connectivity index (χ0n) is 11.2. The Bertz CT molecular complexity index is 218. The van der Waals surface area contributed by atoms with Gasteiger partial charge in [-0.15, -0.1) is 0 Å². The van der Waals surface area contributed by atoms with Gasteiger partial charge in [0.2, 0.25) is 0 Å². The van der Waals surface area contributed by atoms with E-state index < -0.39 is 5.60 Å². The van der Waals surface area contributed by atoms with Crippen molar-refractivity contribution in [2.24, 2.45) is 5.73 Å². The molecule has 16 heavy (non-hydrogen) atoms. The van der Waals surface area contributed by atoms with E-state index in [9.17, 15) is 4.79 Å². The van der Waals surface area contributed by atoms with Crippen LogP contribution in [0.3, 0.4) is 0 Å². The SMILES string of the molecule is CCC(CC)(CCN)NC(=O)OC(C)(C)C. The third-order valence-electron chi connectivity index (χ3n) is 2.74. The summed E-state index contributed by atoms with van der Waals surface area (Å²) in [7, 11) is 0. The molecule has 0 aliphatic carbocycles. The Hall–Kier alpha value is -0.770. The molecule has 0 aliphatic heterocycles. The molecule has 0 radical (unpaired) electrons. The summed E-state index contributed by atoms with van der Waals surface area (Å²) in [5.41, 5.74) is 4.89. The first-order chi connectivity index (χ1) is 7.28. The highest BCUT2D eigenvalue weighted by Gasteiger charge is 2.29. The Kier molecular flexibility index (Phi) is 5.79. The number of hydrogen-bond acceptors (Lipinski definition) is 3. The smallest absolute Gasteiger partial charge is 0.408 e. The fraction of sp³-hybridized carbons (Fsp3) is 0.917.